The Morgan fingerprint density at radius 3 is 2.32 bits per heavy atom. The number of aryl methyl sites for hydroxylation is 1. The van der Waals surface area contributed by atoms with Gasteiger partial charge in [-0.25, -0.2) is 13.6 Å². The number of nitrogens with one attached hydrogen (secondary N) is 2. The van der Waals surface area contributed by atoms with Gasteiger partial charge in [-0.15, -0.1) is 0 Å². The quantitative estimate of drug-likeness (QED) is 0.339. The zero-order valence-corrected chi connectivity index (χ0v) is 22.6. The number of hydrogen-bond donors (Lipinski definition) is 3. The van der Waals surface area contributed by atoms with Crippen LogP contribution in [0.3, 0.4) is 0 Å². The number of sulfonamides is 1. The Kier molecular flexibility index (Phi) is 7.85. The number of nitrogens with zero attached hydrogens (tertiary/aromatic N) is 1. The van der Waals surface area contributed by atoms with Crippen LogP contribution in [-0.2, 0) is 27.8 Å². The van der Waals surface area contributed by atoms with Gasteiger partial charge in [0.25, 0.3) is 5.91 Å². The number of piperidine rings is 1. The molecule has 7 nitrogen and oxygen atoms in total. The van der Waals surface area contributed by atoms with E-state index in [1.165, 1.54) is 24.8 Å². The number of fused-ring (bicyclic) bond motifs is 1. The number of benzene rings is 3. The van der Waals surface area contributed by atoms with Crippen LogP contribution >= 0.6 is 11.6 Å². The number of likely N-dealkylation sites (tertiary alicyclic amines) is 1. The fraction of sp³-hybridized carbons (Fsp3) is 0.276. The molecule has 2 heterocycles. The minimum atomic E-state index is -3.60. The first-order valence-electron chi connectivity index (χ1n) is 12.8. The summed E-state index contributed by atoms with van der Waals surface area (Å²) in [6.07, 6.45) is 4.08. The molecule has 0 aromatic heterocycles. The van der Waals surface area contributed by atoms with Gasteiger partial charge in [0.05, 0.1) is 17.0 Å². The van der Waals surface area contributed by atoms with Crippen molar-refractivity contribution in [3.05, 3.63) is 94.0 Å². The third kappa shape index (κ3) is 6.45. The number of carbonyl (C=O) groups is 1. The third-order valence-corrected chi connectivity index (χ3v) is 7.99. The topological polar surface area (TPSA) is 105 Å². The number of nitrogens with two attached hydrogens (primary N) is 1. The van der Waals surface area contributed by atoms with Crippen LogP contribution in [0.15, 0.2) is 66.7 Å². The first kappa shape index (κ1) is 26.4. The lowest BCUT2D eigenvalue weighted by molar-refractivity contribution is -0.110. The average molecular weight is 551 g/mol. The summed E-state index contributed by atoms with van der Waals surface area (Å²) in [4.78, 5) is 15.7. The predicted octanol–water partition coefficient (Wildman–Crippen LogP) is 5.09. The van der Waals surface area contributed by atoms with Crippen LogP contribution < -0.4 is 15.8 Å². The second kappa shape index (κ2) is 11.3. The van der Waals surface area contributed by atoms with Crippen LogP contribution in [0, 0.1) is 0 Å². The molecule has 0 spiro atoms. The van der Waals surface area contributed by atoms with E-state index >= 15 is 0 Å². The van der Waals surface area contributed by atoms with Crippen LogP contribution in [0.5, 0.6) is 0 Å². The smallest absolute Gasteiger partial charge is 0.258 e. The molecule has 4 N–H and O–H groups in total. The molecule has 1 amide bonds. The Labute approximate surface area is 228 Å². The molecule has 1 fully saturated rings. The molecule has 1 saturated heterocycles. The Bertz CT molecular complexity index is 1460. The summed E-state index contributed by atoms with van der Waals surface area (Å²) in [7, 11) is -3.60. The maximum Gasteiger partial charge on any atom is 0.258 e. The van der Waals surface area contributed by atoms with Crippen LogP contribution in [0.1, 0.15) is 41.5 Å². The van der Waals surface area contributed by atoms with Gasteiger partial charge >= 0.3 is 0 Å². The lowest BCUT2D eigenvalue weighted by Crippen LogP contribution is -2.29. The highest BCUT2D eigenvalue weighted by molar-refractivity contribution is 7.89. The average Bonchev–Trinajstić information content (AvgIpc) is 3.22. The zero-order valence-electron chi connectivity index (χ0n) is 21.0. The normalized spacial score (nSPS) is 17.2. The molecule has 2 aliphatic heterocycles. The van der Waals surface area contributed by atoms with Crippen molar-refractivity contribution >= 4 is 50.2 Å². The summed E-state index contributed by atoms with van der Waals surface area (Å²) in [5.74, 6) is -0.402. The second-order valence-electron chi connectivity index (χ2n) is 9.87. The third-order valence-electron chi connectivity index (χ3n) is 6.96. The van der Waals surface area contributed by atoms with E-state index in [0.29, 0.717) is 27.5 Å². The Balaban J connectivity index is 1.49. The van der Waals surface area contributed by atoms with Crippen LogP contribution in [0.4, 0.5) is 11.4 Å². The largest absolute Gasteiger partial charge is 0.354 e. The maximum absolute atomic E-state index is 13.3. The highest BCUT2D eigenvalue weighted by Crippen LogP contribution is 2.38. The van der Waals surface area contributed by atoms with Crippen molar-refractivity contribution in [3.8, 4) is 0 Å². The standard InChI is InChI=1S/C29H31ClN4O3S/c30-23-9-7-22(8-10-23)28(32-24-11-4-21(5-12-24)19-34-15-2-1-3-16-34)27-25-18-20(14-17-38(31,36)37)6-13-26(25)33-29(27)35/h4-13,18,32H,1-3,14-17,19H2,(H,33,35)(H2,31,36,37). The summed E-state index contributed by atoms with van der Waals surface area (Å²) in [6, 6.07) is 21.1. The summed E-state index contributed by atoms with van der Waals surface area (Å²) < 4.78 is 23.0. The molecule has 0 aliphatic carbocycles. The number of halogens is 1. The second-order valence-corrected chi connectivity index (χ2v) is 12.0. The van der Waals surface area contributed by atoms with Gasteiger partial charge < -0.3 is 10.6 Å². The van der Waals surface area contributed by atoms with Gasteiger partial charge in [-0.05, 0) is 85.4 Å². The molecule has 38 heavy (non-hydrogen) atoms. The number of rotatable bonds is 8. The maximum atomic E-state index is 13.3. The molecule has 0 atom stereocenters. The minimum Gasteiger partial charge on any atom is -0.354 e. The molecule has 3 aromatic rings. The van der Waals surface area contributed by atoms with Gasteiger partial charge in [-0.1, -0.05) is 48.4 Å². The Hall–Kier alpha value is -3.17. The van der Waals surface area contributed by atoms with Crippen LogP contribution in [0.25, 0.3) is 11.3 Å². The van der Waals surface area contributed by atoms with Crippen molar-refractivity contribution in [2.24, 2.45) is 5.14 Å². The number of carbonyl (C=O) groups excluding carboxylic acids is 1. The van der Waals surface area contributed by atoms with Crippen LogP contribution in [-0.4, -0.2) is 38.1 Å². The highest BCUT2D eigenvalue weighted by Gasteiger charge is 2.29. The van der Waals surface area contributed by atoms with Crippen molar-refractivity contribution in [1.29, 1.82) is 0 Å². The molecule has 9 heteroatoms. The highest BCUT2D eigenvalue weighted by atomic mass is 35.5. The van der Waals surface area contributed by atoms with Gasteiger partial charge in [0.15, 0.2) is 0 Å². The van der Waals surface area contributed by atoms with E-state index in [0.717, 1.165) is 36.4 Å². The molecule has 5 rings (SSSR count). The van der Waals surface area contributed by atoms with E-state index < -0.39 is 10.0 Å². The van der Waals surface area contributed by atoms with Crippen molar-refractivity contribution in [1.82, 2.24) is 4.90 Å². The Morgan fingerprint density at radius 2 is 1.63 bits per heavy atom. The predicted molar refractivity (Wildman–Crippen MR) is 154 cm³/mol. The summed E-state index contributed by atoms with van der Waals surface area (Å²) in [6.45, 7) is 3.21. The number of anilines is 2. The molecular weight excluding hydrogens is 520 g/mol. The van der Waals surface area contributed by atoms with E-state index in [2.05, 4.69) is 27.7 Å². The summed E-state index contributed by atoms with van der Waals surface area (Å²) in [5.41, 5.74) is 6.21. The fourth-order valence-electron chi connectivity index (χ4n) is 4.99. The number of amides is 1. The van der Waals surface area contributed by atoms with Crippen molar-refractivity contribution in [3.63, 3.8) is 0 Å². The molecule has 0 unspecified atom stereocenters. The van der Waals surface area contributed by atoms with E-state index in [9.17, 15) is 13.2 Å². The van der Waals surface area contributed by atoms with Crippen molar-refractivity contribution < 1.29 is 13.2 Å². The van der Waals surface area contributed by atoms with Crippen LogP contribution in [0.2, 0.25) is 5.02 Å². The molecular formula is C29H31ClN4O3S. The first-order valence-corrected chi connectivity index (χ1v) is 14.9. The summed E-state index contributed by atoms with van der Waals surface area (Å²) >= 11 is 6.16. The first-order chi connectivity index (χ1) is 18.2. The van der Waals surface area contributed by atoms with E-state index in [-0.39, 0.29) is 18.1 Å². The van der Waals surface area contributed by atoms with Crippen molar-refractivity contribution in [2.45, 2.75) is 32.2 Å². The minimum absolute atomic E-state index is 0.168. The fourth-order valence-corrected chi connectivity index (χ4v) is 5.63. The molecule has 0 saturated carbocycles. The van der Waals surface area contributed by atoms with E-state index in [1.807, 2.05) is 36.4 Å². The Morgan fingerprint density at radius 1 is 0.947 bits per heavy atom. The monoisotopic (exact) mass is 550 g/mol. The van der Waals surface area contributed by atoms with Gasteiger partial charge in [-0.2, -0.15) is 0 Å². The molecule has 0 radical (unpaired) electrons. The lowest BCUT2D eigenvalue weighted by Gasteiger charge is -2.26. The van der Waals surface area contributed by atoms with Crippen molar-refractivity contribution in [2.75, 3.05) is 29.5 Å². The van der Waals surface area contributed by atoms with Gasteiger partial charge in [-0.3, -0.25) is 9.69 Å². The number of primary sulfonamides is 1. The van der Waals surface area contributed by atoms with E-state index in [1.54, 1.807) is 18.2 Å². The molecule has 0 bridgehead atoms. The number of hydrogen-bond acceptors (Lipinski definition) is 5. The van der Waals surface area contributed by atoms with Gasteiger partial charge in [0.1, 0.15) is 0 Å². The van der Waals surface area contributed by atoms with Gasteiger partial charge in [0, 0.05) is 28.5 Å². The summed E-state index contributed by atoms with van der Waals surface area (Å²) in [5, 5.41) is 12.2. The molecule has 2 aliphatic rings. The lowest BCUT2D eigenvalue weighted by atomic mass is 9.98. The van der Waals surface area contributed by atoms with Gasteiger partial charge in [0.2, 0.25) is 10.0 Å². The SMILES string of the molecule is NS(=O)(=O)CCc1ccc2c(c1)C(=C(Nc1ccc(CN3CCCCC3)cc1)c1ccc(Cl)cc1)C(=O)N2. The zero-order chi connectivity index (χ0) is 26.7. The molecule has 198 valence electrons. The van der Waals surface area contributed by atoms with E-state index in [4.69, 9.17) is 16.7 Å². The molecule has 3 aromatic carbocycles.